The highest BCUT2D eigenvalue weighted by Crippen LogP contribution is 2.13. The van der Waals surface area contributed by atoms with Crippen molar-refractivity contribution < 1.29 is 24.0 Å². The van der Waals surface area contributed by atoms with Gasteiger partial charge in [0.05, 0.1) is 10.5 Å². The van der Waals surface area contributed by atoms with E-state index >= 15 is 0 Å². The summed E-state index contributed by atoms with van der Waals surface area (Å²) >= 11 is 0. The Bertz CT molecular complexity index is 895. The Morgan fingerprint density at radius 1 is 1.04 bits per heavy atom. The van der Waals surface area contributed by atoms with Crippen LogP contribution in [0.4, 0.5) is 11.4 Å². The summed E-state index contributed by atoms with van der Waals surface area (Å²) in [7, 11) is 3.72. The zero-order valence-corrected chi connectivity index (χ0v) is 15.2. The van der Waals surface area contributed by atoms with Crippen LogP contribution < -0.4 is 15.8 Å². The molecule has 0 spiro atoms. The highest BCUT2D eigenvalue weighted by Gasteiger charge is 2.14. The maximum Gasteiger partial charge on any atom is 0.338 e. The van der Waals surface area contributed by atoms with Crippen molar-refractivity contribution in [2.75, 3.05) is 25.6 Å². The van der Waals surface area contributed by atoms with E-state index in [9.17, 15) is 24.5 Å². The van der Waals surface area contributed by atoms with E-state index in [1.807, 2.05) is 19.0 Å². The van der Waals surface area contributed by atoms with Crippen molar-refractivity contribution in [2.45, 2.75) is 0 Å². The van der Waals surface area contributed by atoms with Gasteiger partial charge in [-0.2, -0.15) is 0 Å². The molecule has 2 aromatic rings. The minimum atomic E-state index is -0.767. The average molecular weight is 386 g/mol. The molecule has 0 aliphatic carbocycles. The molecule has 2 aromatic carbocycles. The predicted molar refractivity (Wildman–Crippen MR) is 99.8 cm³/mol. The lowest BCUT2D eigenvalue weighted by molar-refractivity contribution is -0.384. The Kier molecular flexibility index (Phi) is 6.63. The smallest absolute Gasteiger partial charge is 0.338 e. The number of anilines is 1. The molecule has 0 atom stereocenters. The molecular weight excluding hydrogens is 368 g/mol. The summed E-state index contributed by atoms with van der Waals surface area (Å²) in [5.41, 5.74) is 5.07. The van der Waals surface area contributed by atoms with Crippen molar-refractivity contribution in [3.63, 3.8) is 0 Å². The van der Waals surface area contributed by atoms with Crippen LogP contribution in [0.1, 0.15) is 20.7 Å². The van der Waals surface area contributed by atoms with E-state index in [0.717, 1.165) is 11.8 Å². The Morgan fingerprint density at radius 3 is 2.32 bits per heavy atom. The van der Waals surface area contributed by atoms with Gasteiger partial charge in [-0.15, -0.1) is 0 Å². The zero-order chi connectivity index (χ0) is 20.7. The largest absolute Gasteiger partial charge is 0.452 e. The number of benzene rings is 2. The number of amides is 2. The first-order valence-corrected chi connectivity index (χ1v) is 8.06. The van der Waals surface area contributed by atoms with Gasteiger partial charge in [-0.05, 0) is 30.3 Å². The van der Waals surface area contributed by atoms with Crippen LogP contribution in [0.2, 0.25) is 0 Å². The summed E-state index contributed by atoms with van der Waals surface area (Å²) in [4.78, 5) is 47.5. The maximum atomic E-state index is 11.9. The predicted octanol–water partition coefficient (Wildman–Crippen LogP) is 1.28. The molecule has 0 saturated carbocycles. The van der Waals surface area contributed by atoms with Gasteiger partial charge in [0, 0.05) is 37.5 Å². The van der Waals surface area contributed by atoms with Gasteiger partial charge in [0.25, 0.3) is 17.5 Å². The fraction of sp³-hybridized carbons (Fsp3) is 0.167. The number of hydrazine groups is 1. The summed E-state index contributed by atoms with van der Waals surface area (Å²) in [6, 6.07) is 11.6. The van der Waals surface area contributed by atoms with Crippen LogP contribution >= 0.6 is 0 Å². The Hall–Kier alpha value is -3.95. The summed E-state index contributed by atoms with van der Waals surface area (Å²) in [5.74, 6) is -2.20. The Morgan fingerprint density at radius 2 is 1.71 bits per heavy atom. The van der Waals surface area contributed by atoms with Crippen molar-refractivity contribution in [3.05, 3.63) is 69.8 Å². The fourth-order valence-corrected chi connectivity index (χ4v) is 2.11. The number of carbonyl (C=O) groups excluding carboxylic acids is 3. The lowest BCUT2D eigenvalue weighted by Crippen LogP contribution is -2.43. The van der Waals surface area contributed by atoms with Crippen molar-refractivity contribution in [1.82, 2.24) is 10.9 Å². The molecule has 0 unspecified atom stereocenters. The third-order valence-corrected chi connectivity index (χ3v) is 3.59. The van der Waals surface area contributed by atoms with E-state index < -0.39 is 29.3 Å². The summed E-state index contributed by atoms with van der Waals surface area (Å²) in [6.45, 7) is -0.608. The van der Waals surface area contributed by atoms with Crippen LogP contribution in [0.25, 0.3) is 0 Å². The normalized spacial score (nSPS) is 9.93. The highest BCUT2D eigenvalue weighted by molar-refractivity contribution is 5.96. The molecule has 0 bridgehead atoms. The first kappa shape index (κ1) is 20.4. The van der Waals surface area contributed by atoms with Crippen LogP contribution in [-0.2, 0) is 9.53 Å². The van der Waals surface area contributed by atoms with Gasteiger partial charge in [0.1, 0.15) is 0 Å². The van der Waals surface area contributed by atoms with Crippen LogP contribution in [0.3, 0.4) is 0 Å². The van der Waals surface area contributed by atoms with Crippen LogP contribution in [0, 0.1) is 10.1 Å². The van der Waals surface area contributed by atoms with Gasteiger partial charge in [-0.25, -0.2) is 4.79 Å². The summed E-state index contributed by atoms with van der Waals surface area (Å²) in [5, 5.41) is 10.7. The molecule has 10 nitrogen and oxygen atoms in total. The second-order valence-corrected chi connectivity index (χ2v) is 5.83. The highest BCUT2D eigenvalue weighted by atomic mass is 16.6. The Labute approximate surface area is 160 Å². The van der Waals surface area contributed by atoms with Gasteiger partial charge >= 0.3 is 5.97 Å². The molecule has 0 aliphatic heterocycles. The number of nitrogens with zero attached hydrogens (tertiary/aromatic N) is 2. The third kappa shape index (κ3) is 5.53. The van der Waals surface area contributed by atoms with E-state index in [2.05, 4.69) is 10.9 Å². The molecule has 0 fully saturated rings. The summed E-state index contributed by atoms with van der Waals surface area (Å²) in [6.07, 6.45) is 0. The van der Waals surface area contributed by atoms with Crippen molar-refractivity contribution in [2.24, 2.45) is 0 Å². The molecule has 146 valence electrons. The maximum absolute atomic E-state index is 11.9. The van der Waals surface area contributed by atoms with Gasteiger partial charge in [0.15, 0.2) is 6.61 Å². The molecule has 28 heavy (non-hydrogen) atoms. The van der Waals surface area contributed by atoms with E-state index in [0.29, 0.717) is 0 Å². The molecule has 2 N–H and O–H groups in total. The first-order chi connectivity index (χ1) is 13.3. The molecule has 0 radical (unpaired) electrons. The number of nitro groups is 1. The van der Waals surface area contributed by atoms with E-state index in [1.165, 1.54) is 18.2 Å². The van der Waals surface area contributed by atoms with Crippen LogP contribution in [-0.4, -0.2) is 43.4 Å². The molecule has 10 heteroatoms. The number of carbonyl (C=O) groups is 3. The van der Waals surface area contributed by atoms with Gasteiger partial charge in [-0.1, -0.05) is 6.07 Å². The standard InChI is InChI=1S/C18H18N4O6/c1-21(2)14-8-6-12(7-9-14)18(25)28-11-16(23)19-20-17(24)13-4-3-5-15(10-13)22(26)27/h3-10H,11H2,1-2H3,(H,19,23)(H,20,24). The quantitative estimate of drug-likeness (QED) is 0.434. The second kappa shape index (κ2) is 9.12. The van der Waals surface area contributed by atoms with E-state index in [1.54, 1.807) is 24.3 Å². The number of ether oxygens (including phenoxy) is 1. The second-order valence-electron chi connectivity index (χ2n) is 5.83. The number of hydrogen-bond donors (Lipinski definition) is 2. The van der Waals surface area contributed by atoms with Crippen molar-refractivity contribution in [1.29, 1.82) is 0 Å². The summed E-state index contributed by atoms with van der Waals surface area (Å²) < 4.78 is 4.87. The molecule has 0 heterocycles. The molecular formula is C18H18N4O6. The van der Waals surface area contributed by atoms with Crippen LogP contribution in [0.5, 0.6) is 0 Å². The van der Waals surface area contributed by atoms with Gasteiger partial charge in [0.2, 0.25) is 0 Å². The van der Waals surface area contributed by atoms with Gasteiger partial charge < -0.3 is 9.64 Å². The number of hydrogen-bond acceptors (Lipinski definition) is 7. The SMILES string of the molecule is CN(C)c1ccc(C(=O)OCC(=O)NNC(=O)c2cccc([N+](=O)[O-])c2)cc1. The minimum Gasteiger partial charge on any atom is -0.452 e. The van der Waals surface area contributed by atoms with Crippen molar-refractivity contribution >= 4 is 29.2 Å². The fourth-order valence-electron chi connectivity index (χ4n) is 2.11. The van der Waals surface area contributed by atoms with Gasteiger partial charge in [-0.3, -0.25) is 30.6 Å². The number of non-ortho nitro benzene ring substituents is 1. The minimum absolute atomic E-state index is 0.00697. The third-order valence-electron chi connectivity index (χ3n) is 3.59. The number of nitro benzene ring substituents is 1. The number of esters is 1. The lowest BCUT2D eigenvalue weighted by Gasteiger charge is -2.12. The molecule has 0 saturated heterocycles. The van der Waals surface area contributed by atoms with E-state index in [-0.39, 0.29) is 16.8 Å². The molecule has 0 aliphatic rings. The number of nitrogens with one attached hydrogen (secondary N) is 2. The average Bonchev–Trinajstić information content (AvgIpc) is 2.70. The molecule has 2 amide bonds. The van der Waals surface area contributed by atoms with Crippen LogP contribution in [0.15, 0.2) is 48.5 Å². The topological polar surface area (TPSA) is 131 Å². The zero-order valence-electron chi connectivity index (χ0n) is 15.2. The van der Waals surface area contributed by atoms with E-state index in [4.69, 9.17) is 4.74 Å². The molecule has 2 rings (SSSR count). The monoisotopic (exact) mass is 386 g/mol. The van der Waals surface area contributed by atoms with Crippen molar-refractivity contribution in [3.8, 4) is 0 Å². The lowest BCUT2D eigenvalue weighted by atomic mass is 10.2. The first-order valence-electron chi connectivity index (χ1n) is 8.06. The molecule has 0 aromatic heterocycles. The number of rotatable bonds is 6. The Balaban J connectivity index is 1.82.